The fourth-order valence-corrected chi connectivity index (χ4v) is 4.69. The van der Waals surface area contributed by atoms with Gasteiger partial charge < -0.3 is 9.94 Å². The van der Waals surface area contributed by atoms with Gasteiger partial charge in [0.2, 0.25) is 11.0 Å². The second kappa shape index (κ2) is 10.3. The molecule has 1 amide bonds. The number of piperidine rings is 1. The summed E-state index contributed by atoms with van der Waals surface area (Å²) in [4.78, 5) is 14.4. The molecule has 1 N–H and O–H groups in total. The Labute approximate surface area is 203 Å². The summed E-state index contributed by atoms with van der Waals surface area (Å²) in [5, 5.41) is 11.8. The van der Waals surface area contributed by atoms with Crippen molar-refractivity contribution in [3.8, 4) is 5.75 Å². The lowest BCUT2D eigenvalue weighted by Crippen LogP contribution is -3.09. The van der Waals surface area contributed by atoms with E-state index < -0.39 is 38.9 Å². The van der Waals surface area contributed by atoms with Crippen LogP contribution >= 0.6 is 0 Å². The highest BCUT2D eigenvalue weighted by Crippen LogP contribution is 2.43. The Hall–Kier alpha value is -2.34. The number of halogens is 4. The topological polar surface area (TPSA) is 74.1 Å². The summed E-state index contributed by atoms with van der Waals surface area (Å²) in [6, 6.07) is 7.55. The van der Waals surface area contributed by atoms with Crippen LogP contribution in [-0.2, 0) is 23.7 Å². The van der Waals surface area contributed by atoms with E-state index in [-0.39, 0.29) is 23.3 Å². The number of carbonyl (C=O) groups is 1. The summed E-state index contributed by atoms with van der Waals surface area (Å²) in [5.74, 6) is -1.51. The predicted octanol–water partition coefficient (Wildman–Crippen LogP) is 3.58. The summed E-state index contributed by atoms with van der Waals surface area (Å²) >= 11 is 0. The van der Waals surface area contributed by atoms with E-state index in [1.54, 1.807) is 0 Å². The number of hydroxylamine groups is 1. The van der Waals surface area contributed by atoms with Crippen molar-refractivity contribution in [2.75, 3.05) is 19.3 Å². The van der Waals surface area contributed by atoms with Crippen LogP contribution in [0.1, 0.15) is 58.6 Å². The van der Waals surface area contributed by atoms with Crippen LogP contribution in [0.25, 0.3) is 0 Å². The van der Waals surface area contributed by atoms with Crippen LogP contribution in [0.15, 0.2) is 36.4 Å². The largest absolute Gasteiger partial charge is 0.612 e. The number of ether oxygens (including phenoxy) is 1. The predicted molar refractivity (Wildman–Crippen MR) is 121 cm³/mol. The first-order chi connectivity index (χ1) is 16.5. The molecule has 11 heteroatoms. The first-order valence-electron chi connectivity index (χ1n) is 11.3. The Morgan fingerprint density at radius 1 is 1.17 bits per heavy atom. The minimum atomic E-state index is -4.43. The normalized spacial score (nSPS) is 19.4. The Balaban J connectivity index is 1.41. The first-order valence-corrected chi connectivity index (χ1v) is 12.9. The van der Waals surface area contributed by atoms with Gasteiger partial charge in [-0.2, -0.15) is 17.4 Å². The minimum Gasteiger partial charge on any atom is -0.612 e. The van der Waals surface area contributed by atoms with E-state index in [0.717, 1.165) is 42.4 Å². The first kappa shape index (κ1) is 25.7. The highest BCUT2D eigenvalue weighted by Gasteiger charge is 2.33. The number of likely N-dealkylation sites (tertiary alicyclic amines) is 1. The molecular weight excluding hydrogens is 488 g/mol. The summed E-state index contributed by atoms with van der Waals surface area (Å²) < 4.78 is 69.6. The molecule has 2 aromatic rings. The van der Waals surface area contributed by atoms with Crippen molar-refractivity contribution in [1.82, 2.24) is 4.90 Å². The second-order valence-corrected chi connectivity index (χ2v) is 10.3. The smallest absolute Gasteiger partial charge is 0.416 e. The van der Waals surface area contributed by atoms with Gasteiger partial charge in [0.1, 0.15) is 23.2 Å². The molecule has 190 valence electrons. The van der Waals surface area contributed by atoms with Crippen molar-refractivity contribution in [2.45, 2.75) is 50.4 Å². The molecule has 0 aromatic heterocycles. The molecule has 0 spiro atoms. The van der Waals surface area contributed by atoms with Gasteiger partial charge in [0, 0.05) is 19.6 Å². The lowest BCUT2D eigenvalue weighted by molar-refractivity contribution is -0.600. The number of nitrogens with zero attached hydrogens (tertiary/aromatic N) is 1. The van der Waals surface area contributed by atoms with Crippen LogP contribution < -0.4 is 9.21 Å². The molecule has 0 radical (unpaired) electrons. The molecule has 2 aromatic carbocycles. The lowest BCUT2D eigenvalue weighted by Gasteiger charge is -2.32. The standard InChI is InChI=1S/C24H26F4N2O4S/c1-35(33)30(32)23(31)21-13-20(15-5-6-15)16(11-22(21)25)14-29-9-7-18(8-10-29)34-19-4-2-3-17(12-19)24(26,27)28/h2-4,11-13,15,18,30H,5-10,14H2,1H3. The highest BCUT2D eigenvalue weighted by atomic mass is 32.2. The molecule has 6 nitrogen and oxygen atoms in total. The number of nitrogens with one attached hydrogen (secondary N) is 1. The number of alkyl halides is 3. The molecular formula is C24H26F4N2O4S. The molecule has 2 aliphatic rings. The van der Waals surface area contributed by atoms with Gasteiger partial charge in [-0.05, 0) is 73.1 Å². The molecule has 35 heavy (non-hydrogen) atoms. The highest BCUT2D eigenvalue weighted by molar-refractivity contribution is 7.78. The summed E-state index contributed by atoms with van der Waals surface area (Å²) in [6.07, 6.45) is -0.544. The molecule has 1 saturated heterocycles. The molecule has 4 rings (SSSR count). The number of amides is 1. The van der Waals surface area contributed by atoms with Crippen molar-refractivity contribution in [1.29, 1.82) is 0 Å². The quantitative estimate of drug-likeness (QED) is 0.452. The Kier molecular flexibility index (Phi) is 7.60. The number of benzene rings is 2. The van der Waals surface area contributed by atoms with Gasteiger partial charge >= 0.3 is 12.1 Å². The summed E-state index contributed by atoms with van der Waals surface area (Å²) in [7, 11) is -2.02. The van der Waals surface area contributed by atoms with Gasteiger partial charge in [-0.3, -0.25) is 4.90 Å². The maximum Gasteiger partial charge on any atom is 0.416 e. The van der Waals surface area contributed by atoms with Gasteiger partial charge in [-0.25, -0.2) is 13.7 Å². The van der Waals surface area contributed by atoms with E-state index in [4.69, 9.17) is 4.74 Å². The minimum absolute atomic E-state index is 0.180. The molecule has 1 aliphatic heterocycles. The Bertz CT molecular complexity index is 1120. The van der Waals surface area contributed by atoms with Gasteiger partial charge in [-0.1, -0.05) is 6.07 Å². The van der Waals surface area contributed by atoms with Crippen LogP contribution in [-0.4, -0.2) is 40.5 Å². The SMILES string of the molecule is CS(=O)[NH+]([O-])C(=O)c1cc(C2CC2)c(CN2CCC(Oc3cccc(C(F)(F)F)c3)CC2)cc1F. The zero-order chi connectivity index (χ0) is 25.3. The van der Waals surface area contributed by atoms with E-state index in [1.807, 2.05) is 0 Å². The van der Waals surface area contributed by atoms with Crippen molar-refractivity contribution < 1.29 is 35.8 Å². The Morgan fingerprint density at radius 2 is 1.86 bits per heavy atom. The van der Waals surface area contributed by atoms with Crippen LogP contribution in [0.3, 0.4) is 0 Å². The molecule has 2 fully saturated rings. The molecule has 0 bridgehead atoms. The van der Waals surface area contributed by atoms with Crippen molar-refractivity contribution in [2.24, 2.45) is 0 Å². The molecule has 1 heterocycles. The average Bonchev–Trinajstić information content (AvgIpc) is 3.64. The zero-order valence-corrected chi connectivity index (χ0v) is 19.9. The van der Waals surface area contributed by atoms with E-state index in [9.17, 15) is 31.8 Å². The van der Waals surface area contributed by atoms with Crippen LogP contribution in [0.2, 0.25) is 0 Å². The molecule has 2 atom stereocenters. The van der Waals surface area contributed by atoms with E-state index in [1.165, 1.54) is 24.3 Å². The number of rotatable bonds is 7. The Morgan fingerprint density at radius 3 is 2.46 bits per heavy atom. The summed E-state index contributed by atoms with van der Waals surface area (Å²) in [6.45, 7) is 1.67. The maximum atomic E-state index is 14.8. The van der Waals surface area contributed by atoms with E-state index in [2.05, 4.69) is 4.90 Å². The van der Waals surface area contributed by atoms with Crippen LogP contribution in [0, 0.1) is 11.0 Å². The van der Waals surface area contributed by atoms with Crippen molar-refractivity contribution >= 4 is 16.9 Å². The lowest BCUT2D eigenvalue weighted by atomic mass is 9.97. The van der Waals surface area contributed by atoms with E-state index in [0.29, 0.717) is 32.5 Å². The number of quaternary nitrogens is 1. The second-order valence-electron chi connectivity index (χ2n) is 8.99. The van der Waals surface area contributed by atoms with Gasteiger partial charge in [0.25, 0.3) is 0 Å². The molecule has 2 unspecified atom stereocenters. The third-order valence-corrected chi connectivity index (χ3v) is 7.04. The van der Waals surface area contributed by atoms with Gasteiger partial charge in [0.15, 0.2) is 0 Å². The van der Waals surface area contributed by atoms with Crippen molar-refractivity contribution in [3.63, 3.8) is 0 Å². The number of hydrogen-bond donors (Lipinski definition) is 1. The monoisotopic (exact) mass is 514 g/mol. The molecule has 1 aliphatic carbocycles. The number of carbonyl (C=O) groups excluding carboxylic acids is 1. The third-order valence-electron chi connectivity index (χ3n) is 6.33. The van der Waals surface area contributed by atoms with Crippen molar-refractivity contribution in [3.05, 3.63) is 69.7 Å². The van der Waals surface area contributed by atoms with Crippen LogP contribution in [0.4, 0.5) is 17.6 Å². The zero-order valence-electron chi connectivity index (χ0n) is 19.1. The average molecular weight is 515 g/mol. The molecule has 1 saturated carbocycles. The summed E-state index contributed by atoms with van der Waals surface area (Å²) in [5.41, 5.74) is 0.468. The number of hydrogen-bond acceptors (Lipinski definition) is 5. The fourth-order valence-electron chi connectivity index (χ4n) is 4.32. The fraction of sp³-hybridized carbons (Fsp3) is 0.458. The third kappa shape index (κ3) is 6.27. The maximum absolute atomic E-state index is 14.8. The van der Waals surface area contributed by atoms with Gasteiger partial charge in [0.05, 0.1) is 11.8 Å². The van der Waals surface area contributed by atoms with Gasteiger partial charge in [-0.15, -0.1) is 0 Å². The van der Waals surface area contributed by atoms with Crippen LogP contribution in [0.5, 0.6) is 5.75 Å². The van der Waals surface area contributed by atoms with E-state index >= 15 is 0 Å².